The monoisotopic (exact) mass is 267 g/mol. The van der Waals surface area contributed by atoms with Gasteiger partial charge in [0.05, 0.1) is 6.57 Å². The molecule has 3 N–H and O–H groups in total. The SMILES string of the molecule is [C-]#[N+]c1ccnc(NC(=O)c2ccc(B(O)O)cc2)c1. The summed E-state index contributed by atoms with van der Waals surface area (Å²) in [6.45, 7) is 6.89. The number of hydrogen-bond donors (Lipinski definition) is 3. The molecule has 0 aliphatic heterocycles. The molecule has 1 aromatic heterocycles. The number of nitrogens with zero attached hydrogens (tertiary/aromatic N) is 2. The third kappa shape index (κ3) is 3.20. The van der Waals surface area contributed by atoms with Gasteiger partial charge in [-0.3, -0.25) is 4.79 Å². The summed E-state index contributed by atoms with van der Waals surface area (Å²) in [5.74, 6) is -0.103. The Labute approximate surface area is 115 Å². The molecule has 0 radical (unpaired) electrons. The minimum Gasteiger partial charge on any atom is -0.423 e. The van der Waals surface area contributed by atoms with E-state index in [4.69, 9.17) is 16.6 Å². The van der Waals surface area contributed by atoms with Crippen LogP contribution in [0.4, 0.5) is 11.5 Å². The third-order valence-corrected chi connectivity index (χ3v) is 2.59. The summed E-state index contributed by atoms with van der Waals surface area (Å²) in [6, 6.07) is 8.85. The summed E-state index contributed by atoms with van der Waals surface area (Å²) in [5, 5.41) is 20.5. The van der Waals surface area contributed by atoms with Gasteiger partial charge in [0.2, 0.25) is 0 Å². The van der Waals surface area contributed by atoms with E-state index in [1.165, 1.54) is 36.5 Å². The Morgan fingerprint density at radius 1 is 1.25 bits per heavy atom. The zero-order valence-electron chi connectivity index (χ0n) is 10.3. The molecule has 6 nitrogen and oxygen atoms in total. The number of rotatable bonds is 3. The van der Waals surface area contributed by atoms with E-state index in [0.717, 1.165) is 0 Å². The first-order chi connectivity index (χ1) is 9.60. The van der Waals surface area contributed by atoms with Gasteiger partial charge in [-0.05, 0) is 29.7 Å². The summed E-state index contributed by atoms with van der Waals surface area (Å²) in [5.41, 5.74) is 1.04. The second-order valence-electron chi connectivity index (χ2n) is 3.96. The Hall–Kier alpha value is -2.69. The van der Waals surface area contributed by atoms with Crippen LogP contribution in [0.2, 0.25) is 0 Å². The van der Waals surface area contributed by atoms with Crippen molar-refractivity contribution in [2.24, 2.45) is 0 Å². The van der Waals surface area contributed by atoms with Gasteiger partial charge in [0, 0.05) is 11.8 Å². The molecule has 1 aromatic carbocycles. The number of nitrogens with one attached hydrogen (secondary N) is 1. The van der Waals surface area contributed by atoms with Crippen LogP contribution >= 0.6 is 0 Å². The first-order valence-corrected chi connectivity index (χ1v) is 5.71. The van der Waals surface area contributed by atoms with Gasteiger partial charge < -0.3 is 15.4 Å². The smallest absolute Gasteiger partial charge is 0.423 e. The molecular formula is C13H10BN3O3. The highest BCUT2D eigenvalue weighted by Crippen LogP contribution is 2.15. The van der Waals surface area contributed by atoms with Crippen molar-refractivity contribution in [1.29, 1.82) is 0 Å². The Bertz CT molecular complexity index is 665. The zero-order chi connectivity index (χ0) is 14.5. The standard InChI is InChI=1S/C13H10BN3O3/c1-15-11-6-7-16-12(8-11)17-13(18)9-2-4-10(5-3-9)14(19)20/h2-8,19-20H,(H,16,17,18). The van der Waals surface area contributed by atoms with Crippen molar-refractivity contribution in [1.82, 2.24) is 4.98 Å². The number of aromatic nitrogens is 1. The van der Waals surface area contributed by atoms with Crippen molar-refractivity contribution < 1.29 is 14.8 Å². The molecule has 0 saturated carbocycles. The molecule has 2 rings (SSSR count). The topological polar surface area (TPSA) is 86.8 Å². The molecule has 98 valence electrons. The number of carbonyl (C=O) groups is 1. The van der Waals surface area contributed by atoms with Crippen molar-refractivity contribution in [3.8, 4) is 0 Å². The number of benzene rings is 1. The molecule has 2 aromatic rings. The summed E-state index contributed by atoms with van der Waals surface area (Å²) in [6.07, 6.45) is 1.44. The molecule has 0 fully saturated rings. The van der Waals surface area contributed by atoms with Gasteiger partial charge in [0.15, 0.2) is 5.69 Å². The number of carbonyl (C=O) groups excluding carboxylic acids is 1. The average Bonchev–Trinajstić information content (AvgIpc) is 2.47. The van der Waals surface area contributed by atoms with Crippen molar-refractivity contribution in [2.75, 3.05) is 5.32 Å². The lowest BCUT2D eigenvalue weighted by Gasteiger charge is -2.05. The lowest BCUT2D eigenvalue weighted by atomic mass is 9.80. The van der Waals surface area contributed by atoms with E-state index < -0.39 is 13.0 Å². The van der Waals surface area contributed by atoms with Gasteiger partial charge in [-0.2, -0.15) is 0 Å². The van der Waals surface area contributed by atoms with Crippen LogP contribution in [0.1, 0.15) is 10.4 Å². The number of amides is 1. The highest BCUT2D eigenvalue weighted by atomic mass is 16.4. The van der Waals surface area contributed by atoms with Crippen molar-refractivity contribution >= 4 is 30.0 Å². The fraction of sp³-hybridized carbons (Fsp3) is 0. The van der Waals surface area contributed by atoms with E-state index in [1.807, 2.05) is 0 Å². The summed E-state index contributed by atoms with van der Waals surface area (Å²) < 4.78 is 0. The Morgan fingerprint density at radius 3 is 2.55 bits per heavy atom. The lowest BCUT2D eigenvalue weighted by molar-refractivity contribution is 0.102. The Kier molecular flexibility index (Phi) is 4.10. The Balaban J connectivity index is 2.13. The average molecular weight is 267 g/mol. The molecule has 0 saturated heterocycles. The second kappa shape index (κ2) is 5.97. The molecule has 0 unspecified atom stereocenters. The van der Waals surface area contributed by atoms with Crippen LogP contribution in [0.3, 0.4) is 0 Å². The van der Waals surface area contributed by atoms with Gasteiger partial charge in [-0.25, -0.2) is 9.83 Å². The van der Waals surface area contributed by atoms with E-state index in [-0.39, 0.29) is 5.82 Å². The van der Waals surface area contributed by atoms with E-state index >= 15 is 0 Å². The van der Waals surface area contributed by atoms with E-state index in [1.54, 1.807) is 6.07 Å². The van der Waals surface area contributed by atoms with Crippen molar-refractivity contribution in [3.05, 3.63) is 59.6 Å². The van der Waals surface area contributed by atoms with E-state index in [2.05, 4.69) is 15.1 Å². The van der Waals surface area contributed by atoms with Gasteiger partial charge in [-0.1, -0.05) is 12.1 Å². The molecular weight excluding hydrogens is 257 g/mol. The minimum atomic E-state index is -1.57. The van der Waals surface area contributed by atoms with Gasteiger partial charge in [0.25, 0.3) is 5.91 Å². The predicted molar refractivity (Wildman–Crippen MR) is 74.7 cm³/mol. The maximum atomic E-state index is 11.9. The number of pyridine rings is 1. The predicted octanol–water partition coefficient (Wildman–Crippen LogP) is 0.564. The molecule has 7 heteroatoms. The zero-order valence-corrected chi connectivity index (χ0v) is 10.3. The molecule has 0 atom stereocenters. The summed E-state index contributed by atoms with van der Waals surface area (Å²) in [4.78, 5) is 19.1. The maximum absolute atomic E-state index is 11.9. The van der Waals surface area contributed by atoms with Crippen LogP contribution < -0.4 is 10.8 Å². The quantitative estimate of drug-likeness (QED) is 0.560. The number of anilines is 1. The van der Waals surface area contributed by atoms with E-state index in [0.29, 0.717) is 16.7 Å². The van der Waals surface area contributed by atoms with Crippen LogP contribution in [0.15, 0.2) is 42.6 Å². The second-order valence-corrected chi connectivity index (χ2v) is 3.96. The molecule has 0 aliphatic carbocycles. The minimum absolute atomic E-state index is 0.287. The summed E-state index contributed by atoms with van der Waals surface area (Å²) in [7, 11) is -1.57. The van der Waals surface area contributed by atoms with Crippen LogP contribution in [-0.4, -0.2) is 28.1 Å². The first-order valence-electron chi connectivity index (χ1n) is 5.71. The highest BCUT2D eigenvalue weighted by molar-refractivity contribution is 6.58. The van der Waals surface area contributed by atoms with Crippen LogP contribution in [-0.2, 0) is 0 Å². The molecule has 1 heterocycles. The molecule has 1 amide bonds. The van der Waals surface area contributed by atoms with Crippen LogP contribution in [0, 0.1) is 6.57 Å². The van der Waals surface area contributed by atoms with Crippen LogP contribution in [0.5, 0.6) is 0 Å². The van der Waals surface area contributed by atoms with Gasteiger partial charge >= 0.3 is 7.12 Å². The fourth-order valence-electron chi connectivity index (χ4n) is 1.55. The molecule has 20 heavy (non-hydrogen) atoms. The Morgan fingerprint density at radius 2 is 1.95 bits per heavy atom. The molecule has 0 bridgehead atoms. The third-order valence-electron chi connectivity index (χ3n) is 2.59. The molecule has 0 aliphatic rings. The first kappa shape index (κ1) is 13.7. The van der Waals surface area contributed by atoms with Gasteiger partial charge in [-0.15, -0.1) is 0 Å². The van der Waals surface area contributed by atoms with Crippen molar-refractivity contribution in [3.63, 3.8) is 0 Å². The van der Waals surface area contributed by atoms with Gasteiger partial charge in [0.1, 0.15) is 5.82 Å². The lowest BCUT2D eigenvalue weighted by Crippen LogP contribution is -2.29. The summed E-state index contributed by atoms with van der Waals surface area (Å²) >= 11 is 0. The van der Waals surface area contributed by atoms with E-state index in [9.17, 15) is 4.79 Å². The number of hydrogen-bond acceptors (Lipinski definition) is 4. The van der Waals surface area contributed by atoms with Crippen LogP contribution in [0.25, 0.3) is 4.85 Å². The maximum Gasteiger partial charge on any atom is 0.488 e. The largest absolute Gasteiger partial charge is 0.488 e. The van der Waals surface area contributed by atoms with Crippen molar-refractivity contribution in [2.45, 2.75) is 0 Å². The fourth-order valence-corrected chi connectivity index (χ4v) is 1.55. The molecule has 0 spiro atoms. The normalized spacial score (nSPS) is 9.65. The highest BCUT2D eigenvalue weighted by Gasteiger charge is 2.12.